The SMILES string of the molecule is C[C@H](N1Cc2cccc3c2-c2c(cccc2CN([C@@H](C)C(C)(C)C)C3)C1)C(C)(C)C. The van der Waals surface area contributed by atoms with E-state index in [0.29, 0.717) is 12.1 Å². The number of rotatable bonds is 2. The van der Waals surface area contributed by atoms with Crippen molar-refractivity contribution in [3.8, 4) is 11.1 Å². The van der Waals surface area contributed by atoms with Crippen LogP contribution in [0.3, 0.4) is 0 Å². The fourth-order valence-electron chi connectivity index (χ4n) is 5.11. The maximum Gasteiger partial charge on any atom is 0.0246 e. The van der Waals surface area contributed by atoms with Gasteiger partial charge in [0.2, 0.25) is 0 Å². The monoisotopic (exact) mass is 404 g/mol. The molecule has 2 aliphatic heterocycles. The third-order valence-corrected chi connectivity index (χ3v) is 7.82. The van der Waals surface area contributed by atoms with Gasteiger partial charge in [0.25, 0.3) is 0 Å². The number of benzene rings is 2. The molecule has 2 atom stereocenters. The van der Waals surface area contributed by atoms with Gasteiger partial charge in [0.1, 0.15) is 0 Å². The minimum absolute atomic E-state index is 0.260. The highest BCUT2D eigenvalue weighted by Gasteiger charge is 2.34. The van der Waals surface area contributed by atoms with Gasteiger partial charge in [0, 0.05) is 38.3 Å². The summed E-state index contributed by atoms with van der Waals surface area (Å²) in [5.41, 5.74) is 9.57. The highest BCUT2D eigenvalue weighted by atomic mass is 15.2. The molecular formula is C28H40N2. The van der Waals surface area contributed by atoms with Crippen molar-refractivity contribution in [1.82, 2.24) is 9.80 Å². The number of hydrogen-bond acceptors (Lipinski definition) is 2. The Bertz CT molecular complexity index is 803. The van der Waals surface area contributed by atoms with Crippen LogP contribution in [0.15, 0.2) is 36.4 Å². The van der Waals surface area contributed by atoms with E-state index in [1.165, 1.54) is 33.4 Å². The summed E-state index contributed by atoms with van der Waals surface area (Å²) in [6.45, 7) is 23.1. The smallest absolute Gasteiger partial charge is 0.0246 e. The molecule has 0 N–H and O–H groups in total. The van der Waals surface area contributed by atoms with Gasteiger partial charge in [-0.2, -0.15) is 0 Å². The molecule has 4 rings (SSSR count). The van der Waals surface area contributed by atoms with E-state index in [9.17, 15) is 0 Å². The van der Waals surface area contributed by atoms with Crippen LogP contribution >= 0.6 is 0 Å². The number of nitrogens with zero attached hydrogens (tertiary/aromatic N) is 2. The zero-order valence-corrected chi connectivity index (χ0v) is 20.3. The van der Waals surface area contributed by atoms with Crippen molar-refractivity contribution in [2.24, 2.45) is 10.8 Å². The average molecular weight is 405 g/mol. The van der Waals surface area contributed by atoms with Crippen LogP contribution in [0.1, 0.15) is 77.6 Å². The van der Waals surface area contributed by atoms with Crippen LogP contribution in [0.4, 0.5) is 0 Å². The van der Waals surface area contributed by atoms with Crippen LogP contribution in [0.5, 0.6) is 0 Å². The molecule has 2 heterocycles. The van der Waals surface area contributed by atoms with Gasteiger partial charge in [0.05, 0.1) is 0 Å². The number of hydrogen-bond donors (Lipinski definition) is 0. The fourth-order valence-corrected chi connectivity index (χ4v) is 5.11. The topological polar surface area (TPSA) is 6.48 Å². The Morgan fingerprint density at radius 3 is 1.07 bits per heavy atom. The van der Waals surface area contributed by atoms with E-state index in [1.807, 2.05) is 0 Å². The largest absolute Gasteiger partial charge is 0.292 e. The highest BCUT2D eigenvalue weighted by molar-refractivity contribution is 5.78. The molecule has 0 aromatic heterocycles. The first-order valence-electron chi connectivity index (χ1n) is 11.7. The zero-order chi connectivity index (χ0) is 21.8. The van der Waals surface area contributed by atoms with Crippen molar-refractivity contribution in [3.05, 3.63) is 58.7 Å². The predicted octanol–water partition coefficient (Wildman–Crippen LogP) is 6.85. The lowest BCUT2D eigenvalue weighted by atomic mass is 9.86. The Labute approximate surface area is 184 Å². The van der Waals surface area contributed by atoms with Crippen LogP contribution in [0.2, 0.25) is 0 Å². The molecular weight excluding hydrogens is 364 g/mol. The minimum atomic E-state index is 0.260. The zero-order valence-electron chi connectivity index (χ0n) is 20.3. The van der Waals surface area contributed by atoms with Crippen LogP contribution in [0, 0.1) is 10.8 Å². The van der Waals surface area contributed by atoms with Gasteiger partial charge >= 0.3 is 0 Å². The van der Waals surface area contributed by atoms with Crippen molar-refractivity contribution in [3.63, 3.8) is 0 Å². The second-order valence-corrected chi connectivity index (χ2v) is 11.8. The van der Waals surface area contributed by atoms with Crippen molar-refractivity contribution in [2.45, 2.75) is 93.7 Å². The lowest BCUT2D eigenvalue weighted by Crippen LogP contribution is -2.41. The molecule has 0 aliphatic carbocycles. The first-order chi connectivity index (χ1) is 14.0. The van der Waals surface area contributed by atoms with Gasteiger partial charge in [-0.3, -0.25) is 9.80 Å². The van der Waals surface area contributed by atoms with Crippen LogP contribution in [-0.4, -0.2) is 21.9 Å². The summed E-state index contributed by atoms with van der Waals surface area (Å²) in [6.07, 6.45) is 0. The van der Waals surface area contributed by atoms with E-state index in [1.54, 1.807) is 0 Å². The molecule has 162 valence electrons. The summed E-state index contributed by atoms with van der Waals surface area (Å²) in [4.78, 5) is 5.38. The van der Waals surface area contributed by atoms with Gasteiger partial charge in [-0.1, -0.05) is 77.9 Å². The normalized spacial score (nSPS) is 19.6. The molecule has 2 aliphatic rings. The Balaban J connectivity index is 1.86. The Morgan fingerprint density at radius 2 is 0.833 bits per heavy atom. The van der Waals surface area contributed by atoms with Crippen LogP contribution < -0.4 is 0 Å². The maximum atomic E-state index is 2.69. The van der Waals surface area contributed by atoms with Crippen molar-refractivity contribution < 1.29 is 0 Å². The molecule has 0 spiro atoms. The standard InChI is InChI=1S/C28H40N2/c1-19(27(3,4)5)29-15-21-11-9-13-23-17-30(20(2)28(6,7)8)18-24-14-10-12-22(16-29)26(24)25(21)23/h9-14,19-20H,15-18H2,1-8H3/t19-,20-/m0/s1. The predicted molar refractivity (Wildman–Crippen MR) is 128 cm³/mol. The second kappa shape index (κ2) is 7.50. The Morgan fingerprint density at radius 1 is 0.567 bits per heavy atom. The lowest BCUT2D eigenvalue weighted by molar-refractivity contribution is 0.0968. The molecule has 0 saturated heterocycles. The Kier molecular flexibility index (Phi) is 5.39. The molecule has 0 bridgehead atoms. The van der Waals surface area contributed by atoms with Crippen molar-refractivity contribution >= 4 is 0 Å². The van der Waals surface area contributed by atoms with Crippen LogP contribution in [-0.2, 0) is 26.2 Å². The summed E-state index contributed by atoms with van der Waals surface area (Å²) in [5, 5.41) is 0. The van der Waals surface area contributed by atoms with Crippen LogP contribution in [0.25, 0.3) is 11.1 Å². The first kappa shape index (κ1) is 21.6. The highest BCUT2D eigenvalue weighted by Crippen LogP contribution is 2.43. The van der Waals surface area contributed by atoms with E-state index >= 15 is 0 Å². The van der Waals surface area contributed by atoms with Crippen molar-refractivity contribution in [2.75, 3.05) is 0 Å². The molecule has 2 aromatic rings. The van der Waals surface area contributed by atoms with E-state index in [4.69, 9.17) is 0 Å². The molecule has 2 heteroatoms. The molecule has 2 nitrogen and oxygen atoms in total. The van der Waals surface area contributed by atoms with Gasteiger partial charge in [-0.05, 0) is 58.1 Å². The fraction of sp³-hybridized carbons (Fsp3) is 0.571. The van der Waals surface area contributed by atoms with Gasteiger partial charge in [0.15, 0.2) is 0 Å². The average Bonchev–Trinajstić information content (AvgIpc) is 2.93. The molecule has 30 heavy (non-hydrogen) atoms. The molecule has 0 radical (unpaired) electrons. The van der Waals surface area contributed by atoms with Gasteiger partial charge in [-0.25, -0.2) is 0 Å². The minimum Gasteiger partial charge on any atom is -0.292 e. The quantitative estimate of drug-likeness (QED) is 0.540. The summed E-state index contributed by atoms with van der Waals surface area (Å²) < 4.78 is 0. The summed E-state index contributed by atoms with van der Waals surface area (Å²) in [7, 11) is 0. The van der Waals surface area contributed by atoms with E-state index in [0.717, 1.165) is 26.2 Å². The third-order valence-electron chi connectivity index (χ3n) is 7.82. The summed E-state index contributed by atoms with van der Waals surface area (Å²) in [6, 6.07) is 15.1. The maximum absolute atomic E-state index is 2.69. The van der Waals surface area contributed by atoms with Crippen molar-refractivity contribution in [1.29, 1.82) is 0 Å². The van der Waals surface area contributed by atoms with E-state index in [2.05, 4.69) is 102 Å². The first-order valence-corrected chi connectivity index (χ1v) is 11.7. The Hall–Kier alpha value is -1.64. The second-order valence-electron chi connectivity index (χ2n) is 11.8. The summed E-state index contributed by atoms with van der Waals surface area (Å²) in [5.74, 6) is 0. The van der Waals surface area contributed by atoms with Gasteiger partial charge in [-0.15, -0.1) is 0 Å². The van der Waals surface area contributed by atoms with E-state index in [-0.39, 0.29) is 10.8 Å². The van der Waals surface area contributed by atoms with E-state index < -0.39 is 0 Å². The third kappa shape index (κ3) is 3.85. The lowest BCUT2D eigenvalue weighted by Gasteiger charge is -2.38. The molecule has 0 fully saturated rings. The summed E-state index contributed by atoms with van der Waals surface area (Å²) >= 11 is 0. The molecule has 0 saturated carbocycles. The van der Waals surface area contributed by atoms with Gasteiger partial charge < -0.3 is 0 Å². The molecule has 0 amide bonds. The molecule has 2 aromatic carbocycles. The molecule has 0 unspecified atom stereocenters.